The van der Waals surface area contributed by atoms with Crippen molar-refractivity contribution in [3.63, 3.8) is 0 Å². The van der Waals surface area contributed by atoms with E-state index in [1.807, 2.05) is 36.4 Å². The van der Waals surface area contributed by atoms with Crippen LogP contribution in [0.2, 0.25) is 0 Å². The van der Waals surface area contributed by atoms with Crippen LogP contribution in [0.5, 0.6) is 0 Å². The van der Waals surface area contributed by atoms with Crippen molar-refractivity contribution >= 4 is 6.21 Å². The Morgan fingerprint density at radius 3 is 2.38 bits per heavy atom. The summed E-state index contributed by atoms with van der Waals surface area (Å²) in [5, 5.41) is 3.80. The monoisotopic (exact) mass is 211 g/mol. The summed E-state index contributed by atoms with van der Waals surface area (Å²) in [7, 11) is 1.54. The second kappa shape index (κ2) is 5.12. The van der Waals surface area contributed by atoms with Crippen LogP contribution in [0, 0.1) is 0 Å². The average molecular weight is 211 g/mol. The van der Waals surface area contributed by atoms with Gasteiger partial charge in [-0.3, -0.25) is 0 Å². The molecule has 0 unspecified atom stereocenters. The number of hydrogen-bond donors (Lipinski definition) is 0. The molecule has 0 atom stereocenters. The smallest absolute Gasteiger partial charge is 0.106 e. The number of hydrogen-bond acceptors (Lipinski definition) is 2. The first-order valence-electron chi connectivity index (χ1n) is 5.13. The Bertz CT molecular complexity index is 477. The van der Waals surface area contributed by atoms with Gasteiger partial charge in [-0.2, -0.15) is 0 Å². The molecule has 2 aromatic carbocycles. The Morgan fingerprint density at radius 1 is 0.938 bits per heavy atom. The molecular formula is C14H13NO. The minimum atomic E-state index is 1.05. The third-order valence-corrected chi connectivity index (χ3v) is 2.34. The van der Waals surface area contributed by atoms with Gasteiger partial charge in [0, 0.05) is 5.56 Å². The van der Waals surface area contributed by atoms with Crippen molar-refractivity contribution < 1.29 is 4.84 Å². The highest BCUT2D eigenvalue weighted by Gasteiger charge is 2.01. The molecule has 0 aliphatic carbocycles. The molecule has 0 bridgehead atoms. The second-order valence-electron chi connectivity index (χ2n) is 3.37. The minimum absolute atomic E-state index is 1.05. The zero-order valence-corrected chi connectivity index (χ0v) is 9.13. The van der Waals surface area contributed by atoms with Gasteiger partial charge in [0.25, 0.3) is 0 Å². The molecule has 0 saturated carbocycles. The number of rotatable bonds is 3. The fourth-order valence-electron chi connectivity index (χ4n) is 1.60. The zero-order chi connectivity index (χ0) is 11.2. The van der Waals surface area contributed by atoms with Gasteiger partial charge in [0.05, 0.1) is 6.21 Å². The van der Waals surface area contributed by atoms with Crippen LogP contribution in [0.15, 0.2) is 59.8 Å². The van der Waals surface area contributed by atoms with E-state index in [2.05, 4.69) is 23.4 Å². The lowest BCUT2D eigenvalue weighted by atomic mass is 10.0. The molecule has 2 aromatic rings. The summed E-state index contributed by atoms with van der Waals surface area (Å²) in [5.74, 6) is 0. The maximum Gasteiger partial charge on any atom is 0.106 e. The number of benzene rings is 2. The topological polar surface area (TPSA) is 21.6 Å². The van der Waals surface area contributed by atoms with Crippen LogP contribution in [0.25, 0.3) is 11.1 Å². The molecule has 16 heavy (non-hydrogen) atoms. The van der Waals surface area contributed by atoms with Gasteiger partial charge < -0.3 is 4.84 Å². The van der Waals surface area contributed by atoms with Gasteiger partial charge in [-0.15, -0.1) is 0 Å². The van der Waals surface area contributed by atoms with Crippen LogP contribution >= 0.6 is 0 Å². The molecule has 2 heteroatoms. The normalized spacial score (nSPS) is 10.6. The molecule has 0 radical (unpaired) electrons. The molecule has 0 fully saturated rings. The second-order valence-corrected chi connectivity index (χ2v) is 3.37. The van der Waals surface area contributed by atoms with E-state index in [0.29, 0.717) is 0 Å². The fraction of sp³-hybridized carbons (Fsp3) is 0.0714. The van der Waals surface area contributed by atoms with Crippen molar-refractivity contribution in [2.45, 2.75) is 0 Å². The van der Waals surface area contributed by atoms with Gasteiger partial charge in [-0.05, 0) is 11.1 Å². The SMILES string of the molecule is CO/N=C/c1ccccc1-c1ccccc1. The van der Waals surface area contributed by atoms with Gasteiger partial charge in [0.1, 0.15) is 7.11 Å². The third kappa shape index (κ3) is 2.28. The maximum absolute atomic E-state index is 4.71. The Kier molecular flexibility index (Phi) is 3.34. The Labute approximate surface area is 95.2 Å². The molecular weight excluding hydrogens is 198 g/mol. The highest BCUT2D eigenvalue weighted by Crippen LogP contribution is 2.21. The van der Waals surface area contributed by atoms with Crippen molar-refractivity contribution in [1.29, 1.82) is 0 Å². The van der Waals surface area contributed by atoms with Crippen LogP contribution in [0.4, 0.5) is 0 Å². The van der Waals surface area contributed by atoms with E-state index in [-0.39, 0.29) is 0 Å². The van der Waals surface area contributed by atoms with E-state index < -0.39 is 0 Å². The summed E-state index contributed by atoms with van der Waals surface area (Å²) in [6, 6.07) is 18.3. The van der Waals surface area contributed by atoms with E-state index in [9.17, 15) is 0 Å². The van der Waals surface area contributed by atoms with Crippen LogP contribution in [-0.2, 0) is 4.84 Å². The lowest BCUT2D eigenvalue weighted by Crippen LogP contribution is -1.87. The summed E-state index contributed by atoms with van der Waals surface area (Å²) in [5.41, 5.74) is 3.39. The van der Waals surface area contributed by atoms with E-state index in [1.165, 1.54) is 5.56 Å². The molecule has 0 N–H and O–H groups in total. The first kappa shape index (κ1) is 10.4. The van der Waals surface area contributed by atoms with E-state index in [1.54, 1.807) is 13.3 Å². The number of nitrogens with zero attached hydrogens (tertiary/aromatic N) is 1. The average Bonchev–Trinajstić information content (AvgIpc) is 2.38. The molecule has 0 amide bonds. The van der Waals surface area contributed by atoms with Gasteiger partial charge >= 0.3 is 0 Å². The summed E-state index contributed by atoms with van der Waals surface area (Å²) < 4.78 is 0. The van der Waals surface area contributed by atoms with E-state index in [0.717, 1.165) is 11.1 Å². The fourth-order valence-corrected chi connectivity index (χ4v) is 1.60. The largest absolute Gasteiger partial charge is 0.399 e. The molecule has 0 aliphatic rings. The Hall–Kier alpha value is -2.09. The molecule has 0 saturated heterocycles. The van der Waals surface area contributed by atoms with Gasteiger partial charge in [0.15, 0.2) is 0 Å². The van der Waals surface area contributed by atoms with Crippen molar-refractivity contribution in [2.75, 3.05) is 7.11 Å². The van der Waals surface area contributed by atoms with Crippen molar-refractivity contribution in [3.05, 3.63) is 60.2 Å². The van der Waals surface area contributed by atoms with Crippen LogP contribution in [-0.4, -0.2) is 13.3 Å². The molecule has 0 spiro atoms. The van der Waals surface area contributed by atoms with Crippen molar-refractivity contribution in [1.82, 2.24) is 0 Å². The molecule has 0 aliphatic heterocycles. The molecule has 2 nitrogen and oxygen atoms in total. The van der Waals surface area contributed by atoms with Crippen LogP contribution in [0.3, 0.4) is 0 Å². The lowest BCUT2D eigenvalue weighted by Gasteiger charge is -2.04. The first-order chi connectivity index (χ1) is 7.92. The standard InChI is InChI=1S/C14H13NO/c1-16-15-11-13-9-5-6-10-14(13)12-7-3-2-4-8-12/h2-11H,1H3/b15-11+. The summed E-state index contributed by atoms with van der Waals surface area (Å²) in [6.45, 7) is 0. The van der Waals surface area contributed by atoms with Crippen LogP contribution in [0.1, 0.15) is 5.56 Å². The summed E-state index contributed by atoms with van der Waals surface area (Å²) in [6.07, 6.45) is 1.72. The van der Waals surface area contributed by atoms with E-state index in [4.69, 9.17) is 4.84 Å². The van der Waals surface area contributed by atoms with Crippen LogP contribution < -0.4 is 0 Å². The van der Waals surface area contributed by atoms with Gasteiger partial charge in [0.2, 0.25) is 0 Å². The Balaban J connectivity index is 2.45. The lowest BCUT2D eigenvalue weighted by molar-refractivity contribution is 0.215. The summed E-state index contributed by atoms with van der Waals surface area (Å²) in [4.78, 5) is 4.71. The maximum atomic E-state index is 4.71. The summed E-state index contributed by atoms with van der Waals surface area (Å²) >= 11 is 0. The molecule has 0 heterocycles. The van der Waals surface area contributed by atoms with Gasteiger partial charge in [-0.1, -0.05) is 59.8 Å². The highest BCUT2D eigenvalue weighted by molar-refractivity contribution is 5.90. The zero-order valence-electron chi connectivity index (χ0n) is 9.13. The minimum Gasteiger partial charge on any atom is -0.399 e. The molecule has 2 rings (SSSR count). The Morgan fingerprint density at radius 2 is 1.62 bits per heavy atom. The highest BCUT2D eigenvalue weighted by atomic mass is 16.6. The predicted molar refractivity (Wildman–Crippen MR) is 66.5 cm³/mol. The molecule has 0 aromatic heterocycles. The first-order valence-corrected chi connectivity index (χ1v) is 5.13. The quantitative estimate of drug-likeness (QED) is 0.563. The van der Waals surface area contributed by atoms with E-state index >= 15 is 0 Å². The van der Waals surface area contributed by atoms with Gasteiger partial charge in [-0.25, -0.2) is 0 Å². The third-order valence-electron chi connectivity index (χ3n) is 2.34. The number of oxime groups is 1. The van der Waals surface area contributed by atoms with Crippen molar-refractivity contribution in [3.8, 4) is 11.1 Å². The molecule has 80 valence electrons. The van der Waals surface area contributed by atoms with Crippen molar-refractivity contribution in [2.24, 2.45) is 5.16 Å². The predicted octanol–water partition coefficient (Wildman–Crippen LogP) is 3.33.